The molecule has 0 heterocycles. The standard InChI is InChI=1S/C20H21F2NO4S/c1-14-4-2-3-5-17(14)28-13-19(25)26-12-18(24)23-11-10-15-6-8-16(9-7-15)27-20(21)22/h2-9,20H,10-13H2,1H3,(H,23,24). The number of thioether (sulfide) groups is 1. The van der Waals surface area contributed by atoms with Crippen LogP contribution in [0.1, 0.15) is 11.1 Å². The number of rotatable bonds is 10. The zero-order valence-corrected chi connectivity index (χ0v) is 16.1. The summed E-state index contributed by atoms with van der Waals surface area (Å²) < 4.78 is 33.4. The molecule has 0 saturated carbocycles. The first-order valence-electron chi connectivity index (χ1n) is 8.58. The highest BCUT2D eigenvalue weighted by molar-refractivity contribution is 8.00. The van der Waals surface area contributed by atoms with E-state index in [2.05, 4.69) is 10.1 Å². The van der Waals surface area contributed by atoms with E-state index in [4.69, 9.17) is 4.74 Å². The summed E-state index contributed by atoms with van der Waals surface area (Å²) in [5, 5.41) is 2.64. The van der Waals surface area contributed by atoms with Gasteiger partial charge in [-0.1, -0.05) is 30.3 Å². The Morgan fingerprint density at radius 1 is 1.11 bits per heavy atom. The maximum atomic E-state index is 12.1. The fourth-order valence-electron chi connectivity index (χ4n) is 2.28. The van der Waals surface area contributed by atoms with Gasteiger partial charge in [-0.2, -0.15) is 8.78 Å². The molecule has 1 amide bonds. The third kappa shape index (κ3) is 7.96. The Kier molecular flexibility index (Phi) is 8.74. The molecule has 2 aromatic carbocycles. The first kappa shape index (κ1) is 21.7. The normalized spacial score (nSPS) is 10.6. The SMILES string of the molecule is Cc1ccccc1SCC(=O)OCC(=O)NCCc1ccc(OC(F)F)cc1. The van der Waals surface area contributed by atoms with Crippen LogP contribution in [0.5, 0.6) is 5.75 Å². The van der Waals surface area contributed by atoms with Gasteiger partial charge in [-0.25, -0.2) is 0 Å². The van der Waals surface area contributed by atoms with E-state index in [1.807, 2.05) is 31.2 Å². The van der Waals surface area contributed by atoms with Gasteiger partial charge < -0.3 is 14.8 Å². The second kappa shape index (κ2) is 11.3. The topological polar surface area (TPSA) is 64.6 Å². The Labute approximate surface area is 166 Å². The number of aryl methyl sites for hydroxylation is 1. The Bertz CT molecular complexity index is 784. The molecule has 0 atom stereocenters. The van der Waals surface area contributed by atoms with Crippen molar-refractivity contribution in [2.24, 2.45) is 0 Å². The second-order valence-electron chi connectivity index (χ2n) is 5.84. The Hall–Kier alpha value is -2.61. The summed E-state index contributed by atoms with van der Waals surface area (Å²) in [6.45, 7) is -0.902. The number of esters is 1. The van der Waals surface area contributed by atoms with Gasteiger partial charge in [0.05, 0.1) is 5.75 Å². The molecule has 0 aliphatic carbocycles. The highest BCUT2D eigenvalue weighted by Crippen LogP contribution is 2.21. The van der Waals surface area contributed by atoms with E-state index >= 15 is 0 Å². The minimum Gasteiger partial charge on any atom is -0.455 e. The largest absolute Gasteiger partial charge is 0.455 e. The highest BCUT2D eigenvalue weighted by atomic mass is 32.2. The Balaban J connectivity index is 1.62. The van der Waals surface area contributed by atoms with Crippen molar-refractivity contribution < 1.29 is 27.8 Å². The van der Waals surface area contributed by atoms with Crippen molar-refractivity contribution in [1.29, 1.82) is 0 Å². The molecule has 0 spiro atoms. The molecule has 0 bridgehead atoms. The molecule has 150 valence electrons. The molecule has 8 heteroatoms. The van der Waals surface area contributed by atoms with Gasteiger partial charge in [0.15, 0.2) is 6.61 Å². The van der Waals surface area contributed by atoms with Crippen molar-refractivity contribution in [3.05, 3.63) is 59.7 Å². The summed E-state index contributed by atoms with van der Waals surface area (Å²) >= 11 is 1.36. The fraction of sp³-hybridized carbons (Fsp3) is 0.300. The van der Waals surface area contributed by atoms with Crippen LogP contribution in [0.15, 0.2) is 53.4 Å². The van der Waals surface area contributed by atoms with E-state index in [1.54, 1.807) is 12.1 Å². The van der Waals surface area contributed by atoms with Crippen molar-refractivity contribution in [1.82, 2.24) is 5.32 Å². The van der Waals surface area contributed by atoms with Gasteiger partial charge in [0.25, 0.3) is 5.91 Å². The molecule has 0 radical (unpaired) electrons. The lowest BCUT2D eigenvalue weighted by Crippen LogP contribution is -2.30. The average molecular weight is 409 g/mol. The van der Waals surface area contributed by atoms with E-state index in [0.29, 0.717) is 13.0 Å². The van der Waals surface area contributed by atoms with Gasteiger partial charge in [-0.15, -0.1) is 11.8 Å². The molecule has 5 nitrogen and oxygen atoms in total. The number of hydrogen-bond donors (Lipinski definition) is 1. The van der Waals surface area contributed by atoms with Crippen LogP contribution in [0.25, 0.3) is 0 Å². The predicted octanol–water partition coefficient (Wildman–Crippen LogP) is 3.59. The van der Waals surface area contributed by atoms with Gasteiger partial charge >= 0.3 is 12.6 Å². The first-order valence-corrected chi connectivity index (χ1v) is 9.57. The number of amides is 1. The summed E-state index contributed by atoms with van der Waals surface area (Å²) in [7, 11) is 0. The third-order valence-electron chi connectivity index (χ3n) is 3.69. The molecule has 28 heavy (non-hydrogen) atoms. The Morgan fingerprint density at radius 2 is 1.82 bits per heavy atom. The van der Waals surface area contributed by atoms with Crippen molar-refractivity contribution in [3.8, 4) is 5.75 Å². The predicted molar refractivity (Wildman–Crippen MR) is 103 cm³/mol. The summed E-state index contributed by atoms with van der Waals surface area (Å²) in [5.74, 6) is -0.645. The van der Waals surface area contributed by atoms with Crippen LogP contribution < -0.4 is 10.1 Å². The van der Waals surface area contributed by atoms with E-state index in [-0.39, 0.29) is 18.1 Å². The number of benzene rings is 2. The van der Waals surface area contributed by atoms with Crippen molar-refractivity contribution in [3.63, 3.8) is 0 Å². The molecule has 0 aliphatic heterocycles. The van der Waals surface area contributed by atoms with Crippen molar-refractivity contribution >= 4 is 23.6 Å². The first-order chi connectivity index (χ1) is 13.4. The lowest BCUT2D eigenvalue weighted by Gasteiger charge is -2.08. The molecule has 2 aromatic rings. The smallest absolute Gasteiger partial charge is 0.387 e. The average Bonchev–Trinajstić information content (AvgIpc) is 2.66. The van der Waals surface area contributed by atoms with Crippen LogP contribution in [0.4, 0.5) is 8.78 Å². The summed E-state index contributed by atoms with van der Waals surface area (Å²) in [6, 6.07) is 13.9. The summed E-state index contributed by atoms with van der Waals surface area (Å²) in [5.41, 5.74) is 1.93. The molecular weight excluding hydrogens is 388 g/mol. The lowest BCUT2D eigenvalue weighted by atomic mass is 10.1. The quantitative estimate of drug-likeness (QED) is 0.480. The highest BCUT2D eigenvalue weighted by Gasteiger charge is 2.09. The van der Waals surface area contributed by atoms with Crippen LogP contribution in [-0.2, 0) is 20.7 Å². The zero-order valence-electron chi connectivity index (χ0n) is 15.3. The maximum Gasteiger partial charge on any atom is 0.387 e. The number of alkyl halides is 2. The van der Waals surface area contributed by atoms with Crippen LogP contribution in [0.3, 0.4) is 0 Å². The summed E-state index contributed by atoms with van der Waals surface area (Å²) in [6.07, 6.45) is 0.512. The zero-order chi connectivity index (χ0) is 20.4. The number of carbonyl (C=O) groups is 2. The number of carbonyl (C=O) groups excluding carboxylic acids is 2. The van der Waals surface area contributed by atoms with Gasteiger partial charge in [0.2, 0.25) is 0 Å². The van der Waals surface area contributed by atoms with Crippen molar-refractivity contribution in [2.45, 2.75) is 24.9 Å². The number of hydrogen-bond acceptors (Lipinski definition) is 5. The molecule has 0 aliphatic rings. The van der Waals surface area contributed by atoms with Crippen LogP contribution in [0, 0.1) is 6.92 Å². The van der Waals surface area contributed by atoms with Gasteiger partial charge in [-0.05, 0) is 42.7 Å². The van der Waals surface area contributed by atoms with Gasteiger partial charge in [0.1, 0.15) is 5.75 Å². The minimum atomic E-state index is -2.86. The van der Waals surface area contributed by atoms with Crippen molar-refractivity contribution in [2.75, 3.05) is 18.9 Å². The molecule has 0 fully saturated rings. The van der Waals surface area contributed by atoms with E-state index in [1.165, 1.54) is 23.9 Å². The number of nitrogens with one attached hydrogen (secondary N) is 1. The van der Waals surface area contributed by atoms with Crippen LogP contribution in [0.2, 0.25) is 0 Å². The third-order valence-corrected chi connectivity index (χ3v) is 4.84. The second-order valence-corrected chi connectivity index (χ2v) is 6.85. The lowest BCUT2D eigenvalue weighted by molar-refractivity contribution is -0.145. The van der Waals surface area contributed by atoms with E-state index in [0.717, 1.165) is 16.0 Å². The molecule has 1 N–H and O–H groups in total. The molecular formula is C20H21F2NO4S. The number of halogens is 2. The van der Waals surface area contributed by atoms with Gasteiger partial charge in [-0.3, -0.25) is 9.59 Å². The fourth-order valence-corrected chi connectivity index (χ4v) is 3.10. The monoisotopic (exact) mass is 409 g/mol. The molecule has 0 saturated heterocycles. The maximum absolute atomic E-state index is 12.1. The van der Waals surface area contributed by atoms with E-state index in [9.17, 15) is 18.4 Å². The molecule has 0 aromatic heterocycles. The Morgan fingerprint density at radius 3 is 2.50 bits per heavy atom. The number of ether oxygens (including phenoxy) is 2. The van der Waals surface area contributed by atoms with Crippen LogP contribution in [-0.4, -0.2) is 37.4 Å². The summed E-state index contributed by atoms with van der Waals surface area (Å²) in [4.78, 5) is 24.5. The molecule has 2 rings (SSSR count). The van der Waals surface area contributed by atoms with E-state index < -0.39 is 18.5 Å². The van der Waals surface area contributed by atoms with Gasteiger partial charge in [0, 0.05) is 11.4 Å². The molecule has 0 unspecified atom stereocenters. The minimum absolute atomic E-state index is 0.0817. The van der Waals surface area contributed by atoms with Crippen LogP contribution >= 0.6 is 11.8 Å².